The van der Waals surface area contributed by atoms with Crippen molar-refractivity contribution in [3.8, 4) is 0 Å². The number of pyridine rings is 1. The summed E-state index contributed by atoms with van der Waals surface area (Å²) in [4.78, 5) is 26.7. The largest absolute Gasteiger partial charge is 0.477 e. The van der Waals surface area contributed by atoms with Gasteiger partial charge in [0, 0.05) is 17.4 Å². The standard InChI is InChI=1S/C15H14N2O3/c1-9-3-4-12(10(2)7-9)14(18)17-11-5-6-16-13(8-11)15(19)20/h3-8H,1-2H3,(H,19,20)(H,16,17,18). The van der Waals surface area contributed by atoms with Crippen molar-refractivity contribution in [1.82, 2.24) is 4.98 Å². The number of nitrogens with zero attached hydrogens (tertiary/aromatic N) is 1. The number of hydrogen-bond donors (Lipinski definition) is 2. The number of carboxylic acids is 1. The third-order valence-corrected chi connectivity index (χ3v) is 2.86. The first-order valence-electron chi connectivity index (χ1n) is 6.05. The van der Waals surface area contributed by atoms with Crippen molar-refractivity contribution in [1.29, 1.82) is 0 Å². The molecule has 1 aromatic carbocycles. The number of aromatic nitrogens is 1. The first-order valence-corrected chi connectivity index (χ1v) is 6.05. The Kier molecular flexibility index (Phi) is 3.79. The number of hydrogen-bond acceptors (Lipinski definition) is 3. The van der Waals surface area contributed by atoms with Gasteiger partial charge in [-0.15, -0.1) is 0 Å². The highest BCUT2D eigenvalue weighted by molar-refractivity contribution is 6.05. The highest BCUT2D eigenvalue weighted by atomic mass is 16.4. The highest BCUT2D eigenvalue weighted by Crippen LogP contribution is 2.14. The molecule has 0 fully saturated rings. The smallest absolute Gasteiger partial charge is 0.354 e. The molecule has 1 amide bonds. The molecule has 0 radical (unpaired) electrons. The van der Waals surface area contributed by atoms with Crippen molar-refractivity contribution in [2.24, 2.45) is 0 Å². The molecule has 2 aromatic rings. The fourth-order valence-electron chi connectivity index (χ4n) is 1.89. The monoisotopic (exact) mass is 270 g/mol. The van der Waals surface area contributed by atoms with E-state index >= 15 is 0 Å². The van der Waals surface area contributed by atoms with Crippen LogP contribution < -0.4 is 5.32 Å². The molecule has 20 heavy (non-hydrogen) atoms. The van der Waals surface area contributed by atoms with Crippen molar-refractivity contribution >= 4 is 17.6 Å². The zero-order valence-electron chi connectivity index (χ0n) is 11.2. The number of benzene rings is 1. The van der Waals surface area contributed by atoms with Crippen LogP contribution in [0.1, 0.15) is 32.0 Å². The molecule has 5 heteroatoms. The molecule has 0 saturated heterocycles. The van der Waals surface area contributed by atoms with Crippen molar-refractivity contribution in [2.45, 2.75) is 13.8 Å². The zero-order valence-corrected chi connectivity index (χ0v) is 11.2. The van der Waals surface area contributed by atoms with E-state index in [4.69, 9.17) is 5.11 Å². The summed E-state index contributed by atoms with van der Waals surface area (Å²) in [5, 5.41) is 11.5. The van der Waals surface area contributed by atoms with Crippen LogP contribution in [0.4, 0.5) is 5.69 Å². The van der Waals surface area contributed by atoms with E-state index in [1.807, 2.05) is 26.0 Å². The van der Waals surface area contributed by atoms with Crippen molar-refractivity contribution in [3.63, 3.8) is 0 Å². The van der Waals surface area contributed by atoms with Gasteiger partial charge in [0.05, 0.1) is 0 Å². The van der Waals surface area contributed by atoms with E-state index in [2.05, 4.69) is 10.3 Å². The van der Waals surface area contributed by atoms with Crippen molar-refractivity contribution in [3.05, 3.63) is 58.9 Å². The molecule has 1 aromatic heterocycles. The second-order valence-electron chi connectivity index (χ2n) is 4.51. The van der Waals surface area contributed by atoms with Crippen LogP contribution in [0.15, 0.2) is 36.5 Å². The van der Waals surface area contributed by atoms with Gasteiger partial charge in [0.15, 0.2) is 0 Å². The number of rotatable bonds is 3. The van der Waals surface area contributed by atoms with Crippen LogP contribution in [-0.4, -0.2) is 22.0 Å². The molecule has 2 N–H and O–H groups in total. The van der Waals surface area contributed by atoms with E-state index in [0.29, 0.717) is 11.3 Å². The first kappa shape index (κ1) is 13.7. The highest BCUT2D eigenvalue weighted by Gasteiger charge is 2.11. The fraction of sp³-hybridized carbons (Fsp3) is 0.133. The minimum absolute atomic E-state index is 0.108. The van der Waals surface area contributed by atoms with Crippen LogP contribution in [0.5, 0.6) is 0 Å². The normalized spacial score (nSPS) is 10.1. The van der Waals surface area contributed by atoms with Crippen LogP contribution >= 0.6 is 0 Å². The lowest BCUT2D eigenvalue weighted by atomic mass is 10.1. The summed E-state index contributed by atoms with van der Waals surface area (Å²) in [6, 6.07) is 8.40. The number of aryl methyl sites for hydroxylation is 2. The molecular weight excluding hydrogens is 256 g/mol. The van der Waals surface area contributed by atoms with Crippen molar-refractivity contribution in [2.75, 3.05) is 5.32 Å². The number of carbonyl (C=O) groups excluding carboxylic acids is 1. The summed E-state index contributed by atoms with van der Waals surface area (Å²) >= 11 is 0. The van der Waals surface area contributed by atoms with Crippen LogP contribution in [0.2, 0.25) is 0 Å². The van der Waals surface area contributed by atoms with E-state index in [0.717, 1.165) is 11.1 Å². The minimum atomic E-state index is -1.13. The van der Waals surface area contributed by atoms with Gasteiger partial charge in [-0.2, -0.15) is 0 Å². The Hall–Kier alpha value is -2.69. The van der Waals surface area contributed by atoms with Gasteiger partial charge in [0.1, 0.15) is 5.69 Å². The number of amides is 1. The quantitative estimate of drug-likeness (QED) is 0.898. The Morgan fingerprint density at radius 1 is 1.15 bits per heavy atom. The Labute approximate surface area is 116 Å². The SMILES string of the molecule is Cc1ccc(C(=O)Nc2ccnc(C(=O)O)c2)c(C)c1. The topological polar surface area (TPSA) is 79.3 Å². The Balaban J connectivity index is 2.23. The molecule has 0 aliphatic carbocycles. The molecule has 5 nitrogen and oxygen atoms in total. The molecule has 0 atom stereocenters. The first-order chi connectivity index (χ1) is 9.47. The second kappa shape index (κ2) is 5.52. The van der Waals surface area contributed by atoms with Gasteiger partial charge < -0.3 is 10.4 Å². The Morgan fingerprint density at radius 3 is 2.55 bits per heavy atom. The average Bonchev–Trinajstić information content (AvgIpc) is 2.38. The maximum Gasteiger partial charge on any atom is 0.354 e. The third-order valence-electron chi connectivity index (χ3n) is 2.86. The summed E-state index contributed by atoms with van der Waals surface area (Å²) < 4.78 is 0. The van der Waals surface area contributed by atoms with E-state index in [9.17, 15) is 9.59 Å². The average molecular weight is 270 g/mol. The van der Waals surface area contributed by atoms with E-state index in [1.54, 1.807) is 12.1 Å². The molecule has 0 aliphatic heterocycles. The third kappa shape index (κ3) is 3.00. The predicted molar refractivity (Wildman–Crippen MR) is 75.1 cm³/mol. The van der Waals surface area contributed by atoms with Crippen molar-refractivity contribution < 1.29 is 14.7 Å². The van der Waals surface area contributed by atoms with E-state index in [1.165, 1.54) is 12.3 Å². The summed E-state index contributed by atoms with van der Waals surface area (Å²) in [5.74, 6) is -1.40. The lowest BCUT2D eigenvalue weighted by molar-refractivity contribution is 0.0690. The molecular formula is C15H14N2O3. The molecule has 0 bridgehead atoms. The van der Waals surface area contributed by atoms with Gasteiger partial charge >= 0.3 is 5.97 Å². The molecule has 102 valence electrons. The van der Waals surface area contributed by atoms with E-state index < -0.39 is 5.97 Å². The lowest BCUT2D eigenvalue weighted by Gasteiger charge is -2.08. The Morgan fingerprint density at radius 2 is 1.90 bits per heavy atom. The fourth-order valence-corrected chi connectivity index (χ4v) is 1.89. The maximum atomic E-state index is 12.1. The lowest BCUT2D eigenvalue weighted by Crippen LogP contribution is -2.14. The summed E-state index contributed by atoms with van der Waals surface area (Å²) in [6.45, 7) is 3.81. The number of carbonyl (C=O) groups is 2. The van der Waals surface area contributed by atoms with Gasteiger partial charge in [-0.3, -0.25) is 4.79 Å². The van der Waals surface area contributed by atoms with Gasteiger partial charge in [0.2, 0.25) is 0 Å². The summed E-state index contributed by atoms with van der Waals surface area (Å²) in [5.41, 5.74) is 2.81. The predicted octanol–water partition coefficient (Wildman–Crippen LogP) is 2.65. The van der Waals surface area contributed by atoms with Crippen LogP contribution in [-0.2, 0) is 0 Å². The van der Waals surface area contributed by atoms with Crippen LogP contribution in [0, 0.1) is 13.8 Å². The second-order valence-corrected chi connectivity index (χ2v) is 4.51. The van der Waals surface area contributed by atoms with Gasteiger partial charge in [-0.05, 0) is 37.6 Å². The van der Waals surface area contributed by atoms with Crippen LogP contribution in [0.3, 0.4) is 0 Å². The maximum absolute atomic E-state index is 12.1. The molecule has 1 heterocycles. The number of nitrogens with one attached hydrogen (secondary N) is 1. The minimum Gasteiger partial charge on any atom is -0.477 e. The zero-order chi connectivity index (χ0) is 14.7. The number of anilines is 1. The molecule has 0 unspecified atom stereocenters. The number of aromatic carboxylic acids is 1. The molecule has 0 spiro atoms. The van der Waals surface area contributed by atoms with Gasteiger partial charge in [0.25, 0.3) is 5.91 Å². The summed E-state index contributed by atoms with van der Waals surface area (Å²) in [7, 11) is 0. The molecule has 2 rings (SSSR count). The van der Waals surface area contributed by atoms with E-state index in [-0.39, 0.29) is 11.6 Å². The van der Waals surface area contributed by atoms with Crippen LogP contribution in [0.25, 0.3) is 0 Å². The van der Waals surface area contributed by atoms with Gasteiger partial charge in [-0.1, -0.05) is 17.7 Å². The molecule has 0 saturated carbocycles. The van der Waals surface area contributed by atoms with Gasteiger partial charge in [-0.25, -0.2) is 9.78 Å². The molecule has 0 aliphatic rings. The summed E-state index contributed by atoms with van der Waals surface area (Å²) in [6.07, 6.45) is 1.35. The number of carboxylic acid groups (broad SMARTS) is 1. The Bertz CT molecular complexity index is 681.